The molecule has 0 atom stereocenters. The smallest absolute Gasteiger partial charge is 0.0991 e. The van der Waals surface area contributed by atoms with Crippen LogP contribution in [0.15, 0.2) is 115 Å². The number of benzene rings is 6. The third kappa shape index (κ3) is 2.78. The van der Waals surface area contributed by atoms with Gasteiger partial charge in [-0.2, -0.15) is 5.26 Å². The van der Waals surface area contributed by atoms with E-state index in [0.29, 0.717) is 5.56 Å². The van der Waals surface area contributed by atoms with E-state index in [-0.39, 0.29) is 0 Å². The average molecular weight is 406 g/mol. The first kappa shape index (κ1) is 18.4. The Morgan fingerprint density at radius 1 is 0.469 bits per heavy atom. The van der Waals surface area contributed by atoms with Gasteiger partial charge < -0.3 is 0 Å². The normalized spacial score (nSPS) is 11.1. The molecule has 0 aliphatic heterocycles. The molecule has 148 valence electrons. The van der Waals surface area contributed by atoms with Gasteiger partial charge in [0.05, 0.1) is 11.6 Å². The second kappa shape index (κ2) is 7.38. The highest BCUT2D eigenvalue weighted by molar-refractivity contribution is 6.23. The lowest BCUT2D eigenvalue weighted by Gasteiger charge is -2.18. The molecule has 0 aromatic heterocycles. The molecule has 6 aromatic carbocycles. The monoisotopic (exact) mass is 405 g/mol. The highest BCUT2D eigenvalue weighted by Gasteiger charge is 2.17. The van der Waals surface area contributed by atoms with Crippen LogP contribution in [-0.2, 0) is 0 Å². The van der Waals surface area contributed by atoms with Crippen LogP contribution in [0.5, 0.6) is 0 Å². The summed E-state index contributed by atoms with van der Waals surface area (Å²) in [6.07, 6.45) is 0. The van der Waals surface area contributed by atoms with Crippen molar-refractivity contribution in [2.24, 2.45) is 0 Å². The van der Waals surface area contributed by atoms with Crippen molar-refractivity contribution in [3.8, 4) is 28.3 Å². The molecule has 6 rings (SSSR count). The van der Waals surface area contributed by atoms with Crippen LogP contribution in [-0.4, -0.2) is 0 Å². The molecular formula is C31H19N. The summed E-state index contributed by atoms with van der Waals surface area (Å²) in [6.45, 7) is 0. The summed E-state index contributed by atoms with van der Waals surface area (Å²) < 4.78 is 0. The first-order chi connectivity index (χ1) is 15.8. The van der Waals surface area contributed by atoms with Crippen LogP contribution in [0, 0.1) is 11.3 Å². The molecule has 0 amide bonds. The third-order valence-corrected chi connectivity index (χ3v) is 6.27. The van der Waals surface area contributed by atoms with Gasteiger partial charge in [-0.3, -0.25) is 0 Å². The molecule has 0 aliphatic rings. The van der Waals surface area contributed by atoms with E-state index < -0.39 is 0 Å². The van der Waals surface area contributed by atoms with Gasteiger partial charge in [0, 0.05) is 0 Å². The van der Waals surface area contributed by atoms with Gasteiger partial charge in [0.25, 0.3) is 0 Å². The summed E-state index contributed by atoms with van der Waals surface area (Å²) in [5.41, 5.74) is 5.42. The number of hydrogen-bond acceptors (Lipinski definition) is 1. The summed E-state index contributed by atoms with van der Waals surface area (Å²) in [5.74, 6) is 0. The van der Waals surface area contributed by atoms with E-state index in [9.17, 15) is 5.26 Å². The van der Waals surface area contributed by atoms with Crippen molar-refractivity contribution in [3.05, 3.63) is 121 Å². The second-order valence-electron chi connectivity index (χ2n) is 8.06. The minimum Gasteiger partial charge on any atom is -0.192 e. The Balaban J connectivity index is 1.82. The predicted octanol–water partition coefficient (Wildman–Crippen LogP) is 8.35. The van der Waals surface area contributed by atoms with E-state index >= 15 is 0 Å². The fraction of sp³-hybridized carbons (Fsp3) is 0. The molecule has 0 aliphatic carbocycles. The SMILES string of the molecule is N#Cc1cccc(-c2c3ccccc3c(-c3cccc4ccccc34)c3ccccc23)c1. The molecule has 0 radical (unpaired) electrons. The largest absolute Gasteiger partial charge is 0.192 e. The van der Waals surface area contributed by atoms with Crippen LogP contribution >= 0.6 is 0 Å². The Morgan fingerprint density at radius 3 is 1.66 bits per heavy atom. The Kier molecular flexibility index (Phi) is 4.23. The van der Waals surface area contributed by atoms with Crippen LogP contribution in [0.1, 0.15) is 5.56 Å². The van der Waals surface area contributed by atoms with E-state index in [0.717, 1.165) is 5.56 Å². The molecule has 0 saturated carbocycles. The van der Waals surface area contributed by atoms with E-state index in [2.05, 4.69) is 103 Å². The van der Waals surface area contributed by atoms with Gasteiger partial charge in [-0.05, 0) is 66.7 Å². The van der Waals surface area contributed by atoms with Gasteiger partial charge in [-0.15, -0.1) is 0 Å². The van der Waals surface area contributed by atoms with Gasteiger partial charge in [-0.1, -0.05) is 103 Å². The van der Waals surface area contributed by atoms with Crippen LogP contribution in [0.3, 0.4) is 0 Å². The minimum atomic E-state index is 0.675. The zero-order valence-electron chi connectivity index (χ0n) is 17.4. The fourth-order valence-corrected chi connectivity index (χ4v) is 4.92. The summed E-state index contributed by atoms with van der Waals surface area (Å²) in [7, 11) is 0. The Bertz CT molecular complexity index is 1620. The number of fused-ring (bicyclic) bond motifs is 3. The molecule has 0 heterocycles. The predicted molar refractivity (Wildman–Crippen MR) is 135 cm³/mol. The summed E-state index contributed by atoms with van der Waals surface area (Å²) in [6, 6.07) is 42.6. The van der Waals surface area contributed by atoms with Crippen LogP contribution in [0.25, 0.3) is 54.6 Å². The molecule has 0 unspecified atom stereocenters. The Morgan fingerprint density at radius 2 is 1.00 bits per heavy atom. The van der Waals surface area contributed by atoms with Gasteiger partial charge in [0.15, 0.2) is 0 Å². The summed E-state index contributed by atoms with van der Waals surface area (Å²) in [5, 5.41) is 16.8. The van der Waals surface area contributed by atoms with Crippen molar-refractivity contribution in [1.82, 2.24) is 0 Å². The van der Waals surface area contributed by atoms with Crippen molar-refractivity contribution in [2.45, 2.75) is 0 Å². The fourth-order valence-electron chi connectivity index (χ4n) is 4.92. The first-order valence-electron chi connectivity index (χ1n) is 10.8. The average Bonchev–Trinajstić information content (AvgIpc) is 2.87. The van der Waals surface area contributed by atoms with Crippen LogP contribution < -0.4 is 0 Å². The summed E-state index contributed by atoms with van der Waals surface area (Å²) in [4.78, 5) is 0. The zero-order chi connectivity index (χ0) is 21.5. The molecule has 0 saturated heterocycles. The van der Waals surface area contributed by atoms with Crippen molar-refractivity contribution in [1.29, 1.82) is 5.26 Å². The molecule has 0 N–H and O–H groups in total. The first-order valence-corrected chi connectivity index (χ1v) is 10.8. The molecule has 0 fully saturated rings. The van der Waals surface area contributed by atoms with Crippen molar-refractivity contribution >= 4 is 32.3 Å². The van der Waals surface area contributed by atoms with Crippen LogP contribution in [0.4, 0.5) is 0 Å². The molecule has 6 aromatic rings. The number of nitriles is 1. The number of nitrogens with zero attached hydrogens (tertiary/aromatic N) is 1. The molecule has 0 spiro atoms. The Labute approximate surface area is 186 Å². The van der Waals surface area contributed by atoms with Gasteiger partial charge in [-0.25, -0.2) is 0 Å². The Hall–Kier alpha value is -4.41. The quantitative estimate of drug-likeness (QED) is 0.266. The molecule has 1 heteroatoms. The van der Waals surface area contributed by atoms with Crippen molar-refractivity contribution in [2.75, 3.05) is 0 Å². The van der Waals surface area contributed by atoms with E-state index in [4.69, 9.17) is 0 Å². The molecule has 32 heavy (non-hydrogen) atoms. The highest BCUT2D eigenvalue weighted by Crippen LogP contribution is 2.45. The second-order valence-corrected chi connectivity index (χ2v) is 8.06. The van der Waals surface area contributed by atoms with Gasteiger partial charge in [0.1, 0.15) is 0 Å². The van der Waals surface area contributed by atoms with E-state index in [1.165, 1.54) is 49.0 Å². The maximum Gasteiger partial charge on any atom is 0.0991 e. The lowest BCUT2D eigenvalue weighted by atomic mass is 9.84. The minimum absolute atomic E-state index is 0.675. The van der Waals surface area contributed by atoms with E-state index in [1.54, 1.807) is 0 Å². The topological polar surface area (TPSA) is 23.8 Å². The number of hydrogen-bond donors (Lipinski definition) is 0. The van der Waals surface area contributed by atoms with Crippen LogP contribution in [0.2, 0.25) is 0 Å². The lowest BCUT2D eigenvalue weighted by molar-refractivity contribution is 1.48. The zero-order valence-corrected chi connectivity index (χ0v) is 17.4. The maximum atomic E-state index is 9.48. The standard InChI is InChI=1S/C31H19N/c32-20-21-9-7-12-23(19-21)30-26-14-3-5-16-28(26)31(29-17-6-4-15-27(29)30)25-18-8-11-22-10-1-2-13-24(22)25/h1-19H. The lowest BCUT2D eigenvalue weighted by Crippen LogP contribution is -1.91. The van der Waals surface area contributed by atoms with E-state index in [1.807, 2.05) is 18.2 Å². The molecule has 1 nitrogen and oxygen atoms in total. The van der Waals surface area contributed by atoms with Gasteiger partial charge in [0.2, 0.25) is 0 Å². The molecule has 0 bridgehead atoms. The molecular weight excluding hydrogens is 386 g/mol. The highest BCUT2D eigenvalue weighted by atomic mass is 14.2. The van der Waals surface area contributed by atoms with Crippen molar-refractivity contribution < 1.29 is 0 Å². The third-order valence-electron chi connectivity index (χ3n) is 6.27. The van der Waals surface area contributed by atoms with Gasteiger partial charge >= 0.3 is 0 Å². The summed E-state index contributed by atoms with van der Waals surface area (Å²) >= 11 is 0. The van der Waals surface area contributed by atoms with Crippen molar-refractivity contribution in [3.63, 3.8) is 0 Å². The number of rotatable bonds is 2. The maximum absolute atomic E-state index is 9.48.